The molecule has 0 radical (unpaired) electrons. The molecule has 3 fully saturated rings. The zero-order valence-electron chi connectivity index (χ0n) is 10.7. The topological polar surface area (TPSA) is 53.5 Å². The second kappa shape index (κ2) is 5.07. The van der Waals surface area contributed by atoms with Crippen LogP contribution in [0.1, 0.15) is 0 Å². The van der Waals surface area contributed by atoms with Gasteiger partial charge in [-0.15, -0.1) is 0 Å². The van der Waals surface area contributed by atoms with Crippen LogP contribution < -0.4 is 10.1 Å². The predicted molar refractivity (Wildman–Crippen MR) is 68.9 cm³/mol. The van der Waals surface area contributed by atoms with Crippen molar-refractivity contribution in [2.45, 2.75) is 6.04 Å². The number of nitrogens with one attached hydrogen (secondary N) is 1. The number of methoxy groups -OCH3 is 1. The van der Waals surface area contributed by atoms with Gasteiger partial charge in [0.2, 0.25) is 11.8 Å². The van der Waals surface area contributed by atoms with Gasteiger partial charge in [-0.2, -0.15) is 4.98 Å². The Labute approximate surface area is 107 Å². The van der Waals surface area contributed by atoms with Crippen LogP contribution >= 0.6 is 0 Å². The predicted octanol–water partition coefficient (Wildman–Crippen LogP) is -0.103. The van der Waals surface area contributed by atoms with E-state index in [-0.39, 0.29) is 0 Å². The van der Waals surface area contributed by atoms with Gasteiger partial charge >= 0.3 is 0 Å². The Kier molecular flexibility index (Phi) is 3.29. The molecule has 3 saturated heterocycles. The Morgan fingerprint density at radius 3 is 2.89 bits per heavy atom. The molecule has 4 heterocycles. The lowest BCUT2D eigenvalue weighted by Gasteiger charge is -2.47. The minimum absolute atomic E-state index is 0.572. The summed E-state index contributed by atoms with van der Waals surface area (Å²) in [4.78, 5) is 13.5. The average molecular weight is 249 g/mol. The van der Waals surface area contributed by atoms with E-state index in [4.69, 9.17) is 4.74 Å². The van der Waals surface area contributed by atoms with E-state index in [9.17, 15) is 0 Å². The highest BCUT2D eigenvalue weighted by atomic mass is 16.5. The molecule has 1 aromatic heterocycles. The van der Waals surface area contributed by atoms with E-state index >= 15 is 0 Å². The molecule has 1 aromatic rings. The lowest BCUT2D eigenvalue weighted by molar-refractivity contribution is 0.0189. The molecule has 3 aliphatic rings. The molecule has 18 heavy (non-hydrogen) atoms. The van der Waals surface area contributed by atoms with Crippen LogP contribution in [-0.4, -0.2) is 72.2 Å². The Bertz CT molecular complexity index is 405. The molecule has 6 heteroatoms. The highest BCUT2D eigenvalue weighted by Crippen LogP contribution is 2.16. The first-order valence-corrected chi connectivity index (χ1v) is 6.42. The van der Waals surface area contributed by atoms with Gasteiger partial charge in [-0.1, -0.05) is 0 Å². The first kappa shape index (κ1) is 11.7. The lowest BCUT2D eigenvalue weighted by atomic mass is 10.1. The van der Waals surface area contributed by atoms with Gasteiger partial charge in [-0.05, 0) is 0 Å². The van der Waals surface area contributed by atoms with Gasteiger partial charge in [0.15, 0.2) is 0 Å². The highest BCUT2D eigenvalue weighted by Gasteiger charge is 2.31. The van der Waals surface area contributed by atoms with Gasteiger partial charge in [0.25, 0.3) is 0 Å². The van der Waals surface area contributed by atoms with Gasteiger partial charge in [0.1, 0.15) is 0 Å². The van der Waals surface area contributed by atoms with Crippen LogP contribution in [-0.2, 0) is 0 Å². The monoisotopic (exact) mass is 249 g/mol. The standard InChI is InChI=1S/C12H19N5O/c1-18-11-2-3-13-12(15-11)14-8-10-9-16-4-6-17(10)7-5-16/h2-3,10H,4-9H2,1H3,(H,13,14,15). The third-order valence-electron chi connectivity index (χ3n) is 3.73. The van der Waals surface area contributed by atoms with Crippen LogP contribution in [0.15, 0.2) is 12.3 Å². The van der Waals surface area contributed by atoms with Gasteiger partial charge in [-0.3, -0.25) is 9.80 Å². The fourth-order valence-corrected chi connectivity index (χ4v) is 2.67. The molecule has 2 bridgehead atoms. The van der Waals surface area contributed by atoms with E-state index in [2.05, 4.69) is 25.1 Å². The number of aromatic nitrogens is 2. The lowest BCUT2D eigenvalue weighted by Crippen LogP contribution is -2.62. The van der Waals surface area contributed by atoms with Gasteiger partial charge < -0.3 is 10.1 Å². The Morgan fingerprint density at radius 2 is 2.22 bits per heavy atom. The van der Waals surface area contributed by atoms with Crippen molar-refractivity contribution in [3.05, 3.63) is 12.3 Å². The minimum atomic E-state index is 0.572. The second-order valence-electron chi connectivity index (χ2n) is 4.79. The molecule has 0 aliphatic carbocycles. The third kappa shape index (κ3) is 2.39. The van der Waals surface area contributed by atoms with Crippen LogP contribution in [0.4, 0.5) is 5.95 Å². The Hall–Kier alpha value is -1.40. The summed E-state index contributed by atoms with van der Waals surface area (Å²) < 4.78 is 5.09. The number of nitrogens with zero attached hydrogens (tertiary/aromatic N) is 4. The molecule has 1 unspecified atom stereocenters. The highest BCUT2D eigenvalue weighted by molar-refractivity contribution is 5.27. The number of anilines is 1. The van der Waals surface area contributed by atoms with Crippen LogP contribution in [0, 0.1) is 0 Å². The van der Waals surface area contributed by atoms with E-state index < -0.39 is 0 Å². The van der Waals surface area contributed by atoms with Gasteiger partial charge in [0, 0.05) is 57.6 Å². The molecule has 0 amide bonds. The summed E-state index contributed by atoms with van der Waals surface area (Å²) in [6.45, 7) is 6.84. The van der Waals surface area contributed by atoms with Crippen molar-refractivity contribution >= 4 is 5.95 Å². The first-order valence-electron chi connectivity index (χ1n) is 6.42. The molecular weight excluding hydrogens is 230 g/mol. The van der Waals surface area contributed by atoms with Gasteiger partial charge in [0.05, 0.1) is 7.11 Å². The molecule has 3 aliphatic heterocycles. The number of hydrogen-bond donors (Lipinski definition) is 1. The van der Waals surface area contributed by atoms with Crippen LogP contribution in [0.3, 0.4) is 0 Å². The van der Waals surface area contributed by atoms with E-state index in [0.717, 1.165) is 13.1 Å². The fraction of sp³-hybridized carbons (Fsp3) is 0.667. The maximum Gasteiger partial charge on any atom is 0.225 e. The van der Waals surface area contributed by atoms with Crippen molar-refractivity contribution in [1.82, 2.24) is 19.8 Å². The smallest absolute Gasteiger partial charge is 0.225 e. The van der Waals surface area contributed by atoms with Crippen LogP contribution in [0.2, 0.25) is 0 Å². The first-order chi connectivity index (χ1) is 8.85. The van der Waals surface area contributed by atoms with Crippen molar-refractivity contribution in [1.29, 1.82) is 0 Å². The van der Waals surface area contributed by atoms with Crippen LogP contribution in [0.25, 0.3) is 0 Å². The largest absolute Gasteiger partial charge is 0.481 e. The number of piperazine rings is 3. The quantitative estimate of drug-likeness (QED) is 0.804. The van der Waals surface area contributed by atoms with Crippen molar-refractivity contribution in [2.75, 3.05) is 51.7 Å². The van der Waals surface area contributed by atoms with Crippen molar-refractivity contribution in [2.24, 2.45) is 0 Å². The normalized spacial score (nSPS) is 30.2. The van der Waals surface area contributed by atoms with E-state index in [1.54, 1.807) is 19.4 Å². The molecule has 4 rings (SSSR count). The Morgan fingerprint density at radius 1 is 1.39 bits per heavy atom. The third-order valence-corrected chi connectivity index (χ3v) is 3.73. The summed E-state index contributed by atoms with van der Waals surface area (Å²) in [6.07, 6.45) is 1.71. The zero-order chi connectivity index (χ0) is 12.4. The summed E-state index contributed by atoms with van der Waals surface area (Å²) in [5.74, 6) is 1.24. The minimum Gasteiger partial charge on any atom is -0.481 e. The molecule has 6 nitrogen and oxygen atoms in total. The van der Waals surface area contributed by atoms with Gasteiger partial charge in [-0.25, -0.2) is 4.98 Å². The summed E-state index contributed by atoms with van der Waals surface area (Å²) in [5, 5.41) is 3.30. The number of hydrogen-bond acceptors (Lipinski definition) is 6. The van der Waals surface area contributed by atoms with Crippen LogP contribution in [0.5, 0.6) is 5.88 Å². The summed E-state index contributed by atoms with van der Waals surface area (Å²) in [6, 6.07) is 2.32. The molecular formula is C12H19N5O. The number of fused-ring (bicyclic) bond motifs is 3. The van der Waals surface area contributed by atoms with E-state index in [1.807, 2.05) is 0 Å². The maximum atomic E-state index is 5.09. The molecule has 98 valence electrons. The van der Waals surface area contributed by atoms with Crippen molar-refractivity contribution in [3.8, 4) is 5.88 Å². The number of ether oxygens (including phenoxy) is 1. The average Bonchev–Trinajstić information content (AvgIpc) is 2.46. The summed E-state index contributed by atoms with van der Waals surface area (Å²) in [5.41, 5.74) is 0. The molecule has 0 saturated carbocycles. The zero-order valence-corrected chi connectivity index (χ0v) is 10.7. The summed E-state index contributed by atoms with van der Waals surface area (Å²) >= 11 is 0. The second-order valence-corrected chi connectivity index (χ2v) is 4.79. The molecule has 1 N–H and O–H groups in total. The van der Waals surface area contributed by atoms with Crippen molar-refractivity contribution in [3.63, 3.8) is 0 Å². The maximum absolute atomic E-state index is 5.09. The fourth-order valence-electron chi connectivity index (χ4n) is 2.67. The van der Waals surface area contributed by atoms with Crippen molar-refractivity contribution < 1.29 is 4.74 Å². The summed E-state index contributed by atoms with van der Waals surface area (Å²) in [7, 11) is 1.62. The number of rotatable bonds is 4. The molecule has 0 aromatic carbocycles. The Balaban J connectivity index is 1.57. The SMILES string of the molecule is COc1ccnc(NCC2CN3CCN2CC3)n1. The molecule has 0 spiro atoms. The van der Waals surface area contributed by atoms with E-state index in [0.29, 0.717) is 17.9 Å². The molecule has 1 atom stereocenters. The van der Waals surface area contributed by atoms with E-state index in [1.165, 1.54) is 26.2 Å².